The van der Waals surface area contributed by atoms with Gasteiger partial charge in [0, 0.05) is 5.02 Å². The van der Waals surface area contributed by atoms with Crippen molar-refractivity contribution in [3.63, 3.8) is 0 Å². The number of carbonyl (C=O) groups excluding carboxylic acids is 2. The number of anilines is 2. The van der Waals surface area contributed by atoms with E-state index in [1.165, 1.54) is 12.1 Å². The zero-order valence-electron chi connectivity index (χ0n) is 16.5. The topological polar surface area (TPSA) is 53.0 Å². The van der Waals surface area contributed by atoms with E-state index in [0.29, 0.717) is 11.4 Å². The highest BCUT2D eigenvalue weighted by atomic mass is 35.5. The third-order valence-corrected chi connectivity index (χ3v) is 5.77. The number of hydrogen-bond donors (Lipinski definition) is 0. The second-order valence-corrected chi connectivity index (χ2v) is 8.00. The number of halogens is 2. The molecule has 5 nitrogen and oxygen atoms in total. The van der Waals surface area contributed by atoms with Gasteiger partial charge in [0.05, 0.1) is 17.1 Å². The lowest BCUT2D eigenvalue weighted by atomic mass is 9.92. The van der Waals surface area contributed by atoms with Crippen molar-refractivity contribution in [3.05, 3.63) is 94.8 Å². The van der Waals surface area contributed by atoms with Gasteiger partial charge < -0.3 is 0 Å². The summed E-state index contributed by atoms with van der Waals surface area (Å²) in [6.45, 7) is 1.95. The van der Waals surface area contributed by atoms with Crippen LogP contribution in [0.15, 0.2) is 77.9 Å². The second-order valence-electron chi connectivity index (χ2n) is 7.56. The Hall–Kier alpha value is -3.51. The Morgan fingerprint density at radius 1 is 0.935 bits per heavy atom. The Kier molecular flexibility index (Phi) is 4.59. The first kappa shape index (κ1) is 19.5. The number of rotatable bonds is 3. The van der Waals surface area contributed by atoms with E-state index in [9.17, 15) is 14.0 Å². The number of aryl methyl sites for hydroxylation is 1. The largest absolute Gasteiger partial charge is 0.273 e. The van der Waals surface area contributed by atoms with Gasteiger partial charge in [-0.2, -0.15) is 5.10 Å². The molecule has 0 radical (unpaired) electrons. The number of hydrogen-bond acceptors (Lipinski definition) is 4. The van der Waals surface area contributed by atoms with Crippen molar-refractivity contribution >= 4 is 40.5 Å². The number of para-hydroxylation sites is 1. The van der Waals surface area contributed by atoms with Gasteiger partial charge in [0.15, 0.2) is 0 Å². The summed E-state index contributed by atoms with van der Waals surface area (Å²) in [6, 6.07) is 19.8. The van der Waals surface area contributed by atoms with Crippen LogP contribution < -0.4 is 9.91 Å². The van der Waals surface area contributed by atoms with Gasteiger partial charge in [0.25, 0.3) is 5.91 Å². The average Bonchev–Trinajstić information content (AvgIpc) is 3.27. The number of amides is 2. The van der Waals surface area contributed by atoms with Crippen molar-refractivity contribution in [1.29, 1.82) is 0 Å². The van der Waals surface area contributed by atoms with Crippen LogP contribution in [0.3, 0.4) is 0 Å². The summed E-state index contributed by atoms with van der Waals surface area (Å²) in [4.78, 5) is 27.8. The molecular weight excluding hydrogens is 417 g/mol. The van der Waals surface area contributed by atoms with E-state index in [-0.39, 0.29) is 10.7 Å². The summed E-state index contributed by atoms with van der Waals surface area (Å²) in [5, 5.41) is 6.44. The van der Waals surface area contributed by atoms with Gasteiger partial charge in [0.1, 0.15) is 17.8 Å². The number of imide groups is 1. The summed E-state index contributed by atoms with van der Waals surface area (Å²) >= 11 is 5.86. The van der Waals surface area contributed by atoms with E-state index < -0.39 is 29.6 Å². The quantitative estimate of drug-likeness (QED) is 0.568. The number of fused-ring (bicyclic) bond motifs is 1. The van der Waals surface area contributed by atoms with Crippen molar-refractivity contribution in [1.82, 2.24) is 0 Å². The van der Waals surface area contributed by atoms with Crippen molar-refractivity contribution in [2.75, 3.05) is 9.91 Å². The lowest BCUT2D eigenvalue weighted by molar-refractivity contribution is -0.121. The van der Waals surface area contributed by atoms with Gasteiger partial charge in [-0.15, -0.1) is 0 Å². The normalized spacial score (nSPS) is 20.3. The molecule has 1 fully saturated rings. The van der Waals surface area contributed by atoms with Crippen LogP contribution in [0.25, 0.3) is 0 Å². The summed E-state index contributed by atoms with van der Waals surface area (Å²) in [5.74, 6) is -2.60. The summed E-state index contributed by atoms with van der Waals surface area (Å²) in [7, 11) is 0. The maximum atomic E-state index is 14.6. The van der Waals surface area contributed by atoms with Crippen LogP contribution in [0.4, 0.5) is 15.8 Å². The molecule has 2 amide bonds. The minimum absolute atomic E-state index is 0.106. The van der Waals surface area contributed by atoms with E-state index in [1.54, 1.807) is 5.01 Å². The Balaban J connectivity index is 1.65. The number of benzene rings is 3. The fourth-order valence-electron chi connectivity index (χ4n) is 4.15. The van der Waals surface area contributed by atoms with Crippen LogP contribution in [0.2, 0.25) is 5.02 Å². The van der Waals surface area contributed by atoms with Crippen molar-refractivity contribution in [2.24, 2.45) is 11.0 Å². The van der Waals surface area contributed by atoms with Crippen LogP contribution in [0.5, 0.6) is 0 Å². The highest BCUT2D eigenvalue weighted by Crippen LogP contribution is 2.40. The van der Waals surface area contributed by atoms with Crippen molar-refractivity contribution in [3.8, 4) is 0 Å². The van der Waals surface area contributed by atoms with E-state index in [0.717, 1.165) is 22.1 Å². The maximum Gasteiger partial charge on any atom is 0.260 e. The Morgan fingerprint density at radius 2 is 1.71 bits per heavy atom. The van der Waals surface area contributed by atoms with Crippen LogP contribution >= 0.6 is 11.6 Å². The van der Waals surface area contributed by atoms with E-state index in [2.05, 4.69) is 5.10 Å². The SMILES string of the molecule is Cc1cccc(C2=NN(c3ccccc3)C3C(=O)N(c4ccc(Cl)cc4F)C(=O)C23)c1. The molecule has 154 valence electrons. The smallest absolute Gasteiger partial charge is 0.260 e. The van der Waals surface area contributed by atoms with E-state index in [4.69, 9.17) is 11.6 Å². The first-order valence-corrected chi connectivity index (χ1v) is 10.2. The molecule has 2 aliphatic rings. The van der Waals surface area contributed by atoms with E-state index in [1.807, 2.05) is 61.5 Å². The second kappa shape index (κ2) is 7.32. The average molecular weight is 434 g/mol. The van der Waals surface area contributed by atoms with Crippen molar-refractivity contribution < 1.29 is 14.0 Å². The molecular formula is C24H17ClFN3O2. The fourth-order valence-corrected chi connectivity index (χ4v) is 4.31. The van der Waals surface area contributed by atoms with Crippen LogP contribution in [-0.4, -0.2) is 23.6 Å². The molecule has 0 aromatic heterocycles. The highest BCUT2D eigenvalue weighted by Gasteiger charge is 2.57. The van der Waals surface area contributed by atoms with Gasteiger partial charge in [-0.3, -0.25) is 14.6 Å². The van der Waals surface area contributed by atoms with Gasteiger partial charge in [-0.05, 0) is 42.8 Å². The third-order valence-electron chi connectivity index (χ3n) is 5.53. The van der Waals surface area contributed by atoms with Gasteiger partial charge >= 0.3 is 0 Å². The lowest BCUT2D eigenvalue weighted by Gasteiger charge is -2.22. The first-order chi connectivity index (χ1) is 15.0. The molecule has 31 heavy (non-hydrogen) atoms. The molecule has 2 unspecified atom stereocenters. The molecule has 1 saturated heterocycles. The molecule has 3 aromatic rings. The Bertz CT molecular complexity index is 1240. The predicted molar refractivity (Wildman–Crippen MR) is 118 cm³/mol. The molecule has 0 aliphatic carbocycles. The van der Waals surface area contributed by atoms with Gasteiger partial charge in [0.2, 0.25) is 5.91 Å². The molecule has 0 saturated carbocycles. The van der Waals surface area contributed by atoms with Crippen molar-refractivity contribution in [2.45, 2.75) is 13.0 Å². The fraction of sp³-hybridized carbons (Fsp3) is 0.125. The van der Waals surface area contributed by atoms with Gasteiger partial charge in [-0.25, -0.2) is 9.29 Å². The molecule has 5 rings (SSSR count). The number of hydrazone groups is 1. The Morgan fingerprint density at radius 3 is 2.42 bits per heavy atom. The van der Waals surface area contributed by atoms with Gasteiger partial charge in [-0.1, -0.05) is 59.6 Å². The van der Waals surface area contributed by atoms with Crippen LogP contribution in [0.1, 0.15) is 11.1 Å². The standard InChI is InChI=1S/C24H17ClFN3O2/c1-14-6-5-7-15(12-14)21-20-22(29(27-21)17-8-3-2-4-9-17)24(31)28(23(20)30)19-11-10-16(25)13-18(19)26/h2-13,20,22H,1H3. The van der Waals surface area contributed by atoms with Crippen LogP contribution in [0, 0.1) is 18.7 Å². The molecule has 0 N–H and O–H groups in total. The number of nitrogens with zero attached hydrogens (tertiary/aromatic N) is 3. The Labute approximate surface area is 183 Å². The van der Waals surface area contributed by atoms with E-state index >= 15 is 0 Å². The zero-order valence-corrected chi connectivity index (χ0v) is 17.3. The predicted octanol–water partition coefficient (Wildman–Crippen LogP) is 4.57. The maximum absolute atomic E-state index is 14.6. The molecule has 2 atom stereocenters. The lowest BCUT2D eigenvalue weighted by Crippen LogP contribution is -2.39. The third kappa shape index (κ3) is 3.11. The molecule has 0 bridgehead atoms. The molecule has 2 heterocycles. The summed E-state index contributed by atoms with van der Waals surface area (Å²) < 4.78 is 14.6. The summed E-state index contributed by atoms with van der Waals surface area (Å²) in [5.41, 5.74) is 2.83. The summed E-state index contributed by atoms with van der Waals surface area (Å²) in [6.07, 6.45) is 0. The van der Waals surface area contributed by atoms with Crippen LogP contribution in [-0.2, 0) is 9.59 Å². The minimum atomic E-state index is -0.888. The molecule has 7 heteroatoms. The minimum Gasteiger partial charge on any atom is -0.273 e. The molecule has 2 aliphatic heterocycles. The monoisotopic (exact) mass is 433 g/mol. The molecule has 3 aromatic carbocycles. The zero-order chi connectivity index (χ0) is 21.7. The highest BCUT2D eigenvalue weighted by molar-refractivity contribution is 6.34. The first-order valence-electron chi connectivity index (χ1n) is 9.78. The molecule has 0 spiro atoms. The number of carbonyl (C=O) groups is 2.